The second-order valence-corrected chi connectivity index (χ2v) is 3.62. The van der Waals surface area contributed by atoms with E-state index < -0.39 is 0 Å². The summed E-state index contributed by atoms with van der Waals surface area (Å²) in [4.78, 5) is 0. The van der Waals surface area contributed by atoms with Crippen LogP contribution in [0.3, 0.4) is 0 Å². The first kappa shape index (κ1) is 11.9. The molecule has 1 rings (SSSR count). The van der Waals surface area contributed by atoms with E-state index >= 15 is 0 Å². The highest BCUT2D eigenvalue weighted by Crippen LogP contribution is 2.37. The number of nitrogens with two attached hydrogens (primary N) is 1. The van der Waals surface area contributed by atoms with Crippen molar-refractivity contribution in [1.82, 2.24) is 0 Å². The van der Waals surface area contributed by atoms with Crippen LogP contribution in [0.2, 0.25) is 0 Å². The van der Waals surface area contributed by atoms with E-state index in [0.29, 0.717) is 6.54 Å². The summed E-state index contributed by atoms with van der Waals surface area (Å²) in [6, 6.07) is 0. The Labute approximate surface area is 91.2 Å². The normalized spacial score (nSPS) is 10.3. The molecule has 84 valence electrons. The summed E-state index contributed by atoms with van der Waals surface area (Å²) < 4.78 is 10.8. The maximum Gasteiger partial charge on any atom is 0.127 e. The number of rotatable bonds is 3. The summed E-state index contributed by atoms with van der Waals surface area (Å²) >= 11 is 0. The zero-order valence-electron chi connectivity index (χ0n) is 10.1. The molecule has 3 heteroatoms. The number of hydrogen-bond acceptors (Lipinski definition) is 3. The molecule has 0 saturated carbocycles. The highest BCUT2D eigenvalue weighted by Gasteiger charge is 2.17. The molecular formula is C12H19NO2. The third-order valence-electron chi connectivity index (χ3n) is 2.92. The molecule has 1 aromatic rings. The lowest BCUT2D eigenvalue weighted by atomic mass is 9.97. The molecule has 0 unspecified atom stereocenters. The molecule has 1 aromatic carbocycles. The second kappa shape index (κ2) is 4.53. The van der Waals surface area contributed by atoms with Gasteiger partial charge in [-0.3, -0.25) is 0 Å². The van der Waals surface area contributed by atoms with Gasteiger partial charge in [0.2, 0.25) is 0 Å². The minimum atomic E-state index is 0.465. The Balaban J connectivity index is 3.57. The monoisotopic (exact) mass is 209 g/mol. The molecule has 0 radical (unpaired) electrons. The molecule has 0 atom stereocenters. The van der Waals surface area contributed by atoms with Crippen molar-refractivity contribution in [3.63, 3.8) is 0 Å². The molecule has 0 spiro atoms. The van der Waals surface area contributed by atoms with Gasteiger partial charge in [-0.15, -0.1) is 0 Å². The first-order valence-electron chi connectivity index (χ1n) is 4.99. The van der Waals surface area contributed by atoms with Gasteiger partial charge in [0.15, 0.2) is 0 Å². The summed E-state index contributed by atoms with van der Waals surface area (Å²) in [5, 5.41) is 0. The third kappa shape index (κ3) is 1.79. The summed E-state index contributed by atoms with van der Waals surface area (Å²) in [5.74, 6) is 1.79. The number of hydrogen-bond donors (Lipinski definition) is 1. The van der Waals surface area contributed by atoms with Crippen molar-refractivity contribution in [2.24, 2.45) is 5.73 Å². The van der Waals surface area contributed by atoms with E-state index in [-0.39, 0.29) is 0 Å². The van der Waals surface area contributed by atoms with Crippen LogP contribution in [0, 0.1) is 20.8 Å². The zero-order chi connectivity index (χ0) is 11.6. The Bertz CT molecular complexity index is 373. The van der Waals surface area contributed by atoms with Crippen molar-refractivity contribution in [3.05, 3.63) is 22.3 Å². The lowest BCUT2D eigenvalue weighted by Gasteiger charge is -2.19. The Morgan fingerprint density at radius 2 is 1.33 bits per heavy atom. The van der Waals surface area contributed by atoms with Crippen molar-refractivity contribution in [3.8, 4) is 11.5 Å². The molecule has 0 fully saturated rings. The van der Waals surface area contributed by atoms with E-state index in [1.807, 2.05) is 20.8 Å². The van der Waals surface area contributed by atoms with E-state index in [0.717, 1.165) is 33.8 Å². The maximum atomic E-state index is 5.73. The lowest BCUT2D eigenvalue weighted by Crippen LogP contribution is -2.07. The summed E-state index contributed by atoms with van der Waals surface area (Å²) in [6.45, 7) is 6.53. The highest BCUT2D eigenvalue weighted by molar-refractivity contribution is 5.57. The minimum absolute atomic E-state index is 0.465. The van der Waals surface area contributed by atoms with Crippen LogP contribution in [0.15, 0.2) is 0 Å². The van der Waals surface area contributed by atoms with Gasteiger partial charge in [-0.25, -0.2) is 0 Å². The Morgan fingerprint density at radius 1 is 0.867 bits per heavy atom. The Morgan fingerprint density at radius 3 is 1.73 bits per heavy atom. The van der Waals surface area contributed by atoms with Crippen LogP contribution in [0.1, 0.15) is 22.3 Å². The third-order valence-corrected chi connectivity index (χ3v) is 2.92. The van der Waals surface area contributed by atoms with Crippen molar-refractivity contribution in [1.29, 1.82) is 0 Å². The van der Waals surface area contributed by atoms with E-state index in [4.69, 9.17) is 15.2 Å². The second-order valence-electron chi connectivity index (χ2n) is 3.62. The Kier molecular flexibility index (Phi) is 3.58. The van der Waals surface area contributed by atoms with Gasteiger partial charge in [0, 0.05) is 12.1 Å². The fraction of sp³-hybridized carbons (Fsp3) is 0.500. The number of ether oxygens (including phenoxy) is 2. The van der Waals surface area contributed by atoms with Crippen LogP contribution in [-0.2, 0) is 6.54 Å². The lowest BCUT2D eigenvalue weighted by molar-refractivity contribution is 0.391. The average Bonchev–Trinajstić information content (AvgIpc) is 2.23. The van der Waals surface area contributed by atoms with Crippen LogP contribution in [0.4, 0.5) is 0 Å². The van der Waals surface area contributed by atoms with Crippen molar-refractivity contribution in [2.45, 2.75) is 27.3 Å². The molecule has 0 aliphatic carbocycles. The highest BCUT2D eigenvalue weighted by atomic mass is 16.5. The van der Waals surface area contributed by atoms with Gasteiger partial charge in [0.05, 0.1) is 14.2 Å². The van der Waals surface area contributed by atoms with Crippen LogP contribution in [0.25, 0.3) is 0 Å². The molecule has 2 N–H and O–H groups in total. The van der Waals surface area contributed by atoms with E-state index in [2.05, 4.69) is 0 Å². The molecule has 0 saturated heterocycles. The van der Waals surface area contributed by atoms with Gasteiger partial charge in [-0.05, 0) is 37.5 Å². The average molecular weight is 209 g/mol. The van der Waals surface area contributed by atoms with Crippen molar-refractivity contribution < 1.29 is 9.47 Å². The first-order valence-corrected chi connectivity index (χ1v) is 4.99. The van der Waals surface area contributed by atoms with Crippen molar-refractivity contribution >= 4 is 0 Å². The van der Waals surface area contributed by atoms with Crippen LogP contribution in [0.5, 0.6) is 11.5 Å². The quantitative estimate of drug-likeness (QED) is 0.829. The number of methoxy groups -OCH3 is 2. The van der Waals surface area contributed by atoms with Crippen molar-refractivity contribution in [2.75, 3.05) is 14.2 Å². The Hall–Kier alpha value is -1.22. The summed E-state index contributed by atoms with van der Waals surface area (Å²) in [6.07, 6.45) is 0. The standard InChI is InChI=1S/C12H19NO2/c1-7-8(2)12(15-5)10(6-13)9(3)11(7)14-4/h6,13H2,1-5H3. The smallest absolute Gasteiger partial charge is 0.127 e. The summed E-state index contributed by atoms with van der Waals surface area (Å²) in [7, 11) is 3.36. The largest absolute Gasteiger partial charge is 0.496 e. The van der Waals surface area contributed by atoms with E-state index in [1.165, 1.54) is 0 Å². The van der Waals surface area contributed by atoms with Gasteiger partial charge in [-0.2, -0.15) is 0 Å². The van der Waals surface area contributed by atoms with Crippen LogP contribution < -0.4 is 15.2 Å². The molecule has 3 nitrogen and oxygen atoms in total. The van der Waals surface area contributed by atoms with Crippen LogP contribution >= 0.6 is 0 Å². The topological polar surface area (TPSA) is 44.5 Å². The van der Waals surface area contributed by atoms with Gasteiger partial charge < -0.3 is 15.2 Å². The molecule has 0 aliphatic rings. The molecule has 0 amide bonds. The molecule has 0 aliphatic heterocycles. The van der Waals surface area contributed by atoms with Crippen LogP contribution in [-0.4, -0.2) is 14.2 Å². The number of benzene rings is 1. The van der Waals surface area contributed by atoms with Gasteiger partial charge in [-0.1, -0.05) is 0 Å². The SMILES string of the molecule is COc1c(C)c(C)c(OC)c(CN)c1C. The molecule has 0 heterocycles. The zero-order valence-corrected chi connectivity index (χ0v) is 10.1. The fourth-order valence-electron chi connectivity index (χ4n) is 1.98. The molecule has 0 aromatic heterocycles. The van der Waals surface area contributed by atoms with E-state index in [9.17, 15) is 0 Å². The minimum Gasteiger partial charge on any atom is -0.496 e. The molecule has 15 heavy (non-hydrogen) atoms. The van der Waals surface area contributed by atoms with Gasteiger partial charge in [0.1, 0.15) is 11.5 Å². The fourth-order valence-corrected chi connectivity index (χ4v) is 1.98. The predicted octanol–water partition coefficient (Wildman–Crippen LogP) is 2.09. The maximum absolute atomic E-state index is 5.73. The summed E-state index contributed by atoms with van der Waals surface area (Å²) in [5.41, 5.74) is 10.0. The molecule has 0 bridgehead atoms. The molecular weight excluding hydrogens is 190 g/mol. The van der Waals surface area contributed by atoms with Gasteiger partial charge in [0.25, 0.3) is 0 Å². The first-order chi connectivity index (χ1) is 7.08. The predicted molar refractivity (Wildman–Crippen MR) is 61.6 cm³/mol. The van der Waals surface area contributed by atoms with E-state index in [1.54, 1.807) is 14.2 Å². The van der Waals surface area contributed by atoms with Gasteiger partial charge >= 0.3 is 0 Å².